The zero-order valence-corrected chi connectivity index (χ0v) is 13.5. The molecule has 3 N–H and O–H groups in total. The fourth-order valence-electron chi connectivity index (χ4n) is 3.10. The molecule has 0 bridgehead atoms. The lowest BCUT2D eigenvalue weighted by Gasteiger charge is -2.32. The van der Waals surface area contributed by atoms with Gasteiger partial charge in [-0.15, -0.1) is 0 Å². The lowest BCUT2D eigenvalue weighted by molar-refractivity contribution is 0.356. The van der Waals surface area contributed by atoms with Crippen LogP contribution in [0.1, 0.15) is 12.8 Å². The van der Waals surface area contributed by atoms with E-state index in [1.165, 1.54) is 0 Å². The SMILES string of the molecule is COc1cc2c(N3CCC(CN)CC3)n[nH]c(=O)c2cc1OC. The number of aromatic nitrogens is 2. The smallest absolute Gasteiger partial charge is 0.272 e. The number of anilines is 1. The molecule has 1 aromatic carbocycles. The van der Waals surface area contributed by atoms with Crippen molar-refractivity contribution < 1.29 is 9.47 Å². The van der Waals surface area contributed by atoms with Crippen LogP contribution in [0.2, 0.25) is 0 Å². The van der Waals surface area contributed by atoms with E-state index in [-0.39, 0.29) is 5.56 Å². The highest BCUT2D eigenvalue weighted by Crippen LogP contribution is 2.34. The Labute approximate surface area is 134 Å². The van der Waals surface area contributed by atoms with Gasteiger partial charge < -0.3 is 20.1 Å². The Bertz CT molecular complexity index is 751. The Morgan fingerprint density at radius 2 is 1.83 bits per heavy atom. The van der Waals surface area contributed by atoms with Crippen molar-refractivity contribution in [3.8, 4) is 11.5 Å². The second-order valence-corrected chi connectivity index (χ2v) is 5.80. The topological polar surface area (TPSA) is 93.5 Å². The summed E-state index contributed by atoms with van der Waals surface area (Å²) in [6.45, 7) is 2.48. The molecule has 0 radical (unpaired) electrons. The van der Waals surface area contributed by atoms with Crippen molar-refractivity contribution in [2.45, 2.75) is 12.8 Å². The Balaban J connectivity index is 2.07. The van der Waals surface area contributed by atoms with E-state index in [9.17, 15) is 4.79 Å². The predicted octanol–water partition coefficient (Wildman–Crippen LogP) is 1.12. The molecule has 23 heavy (non-hydrogen) atoms. The Kier molecular flexibility index (Phi) is 4.38. The van der Waals surface area contributed by atoms with Crippen molar-refractivity contribution in [1.29, 1.82) is 0 Å². The standard InChI is InChI=1S/C16H22N4O3/c1-22-13-7-11-12(8-14(13)23-2)16(21)19-18-15(11)20-5-3-10(9-17)4-6-20/h7-8,10H,3-6,9,17H2,1-2H3,(H,19,21). The number of benzene rings is 1. The van der Waals surface area contributed by atoms with Gasteiger partial charge in [0.1, 0.15) is 0 Å². The molecule has 2 heterocycles. The summed E-state index contributed by atoms with van der Waals surface area (Å²) in [5.74, 6) is 2.46. The zero-order valence-electron chi connectivity index (χ0n) is 13.5. The number of fused-ring (bicyclic) bond motifs is 1. The fourth-order valence-corrected chi connectivity index (χ4v) is 3.10. The first-order valence-electron chi connectivity index (χ1n) is 7.77. The molecule has 0 atom stereocenters. The molecule has 1 fully saturated rings. The summed E-state index contributed by atoms with van der Waals surface area (Å²) < 4.78 is 10.6. The maximum Gasteiger partial charge on any atom is 0.272 e. The molecule has 7 nitrogen and oxygen atoms in total. The number of hydrogen-bond acceptors (Lipinski definition) is 6. The van der Waals surface area contributed by atoms with Crippen LogP contribution in [0.25, 0.3) is 10.8 Å². The number of nitrogens with two attached hydrogens (primary N) is 1. The highest BCUT2D eigenvalue weighted by molar-refractivity contribution is 5.94. The van der Waals surface area contributed by atoms with Crippen LogP contribution >= 0.6 is 0 Å². The van der Waals surface area contributed by atoms with Crippen molar-refractivity contribution >= 4 is 16.6 Å². The number of nitrogens with zero attached hydrogens (tertiary/aromatic N) is 2. The number of nitrogens with one attached hydrogen (secondary N) is 1. The van der Waals surface area contributed by atoms with E-state index in [1.807, 2.05) is 6.07 Å². The lowest BCUT2D eigenvalue weighted by atomic mass is 9.97. The van der Waals surface area contributed by atoms with Crippen LogP contribution in [0.15, 0.2) is 16.9 Å². The molecule has 2 aromatic rings. The van der Waals surface area contributed by atoms with Gasteiger partial charge in [0.15, 0.2) is 17.3 Å². The molecule has 3 rings (SSSR count). The minimum Gasteiger partial charge on any atom is -0.493 e. The first-order chi connectivity index (χ1) is 11.2. The summed E-state index contributed by atoms with van der Waals surface area (Å²) in [6.07, 6.45) is 2.07. The third kappa shape index (κ3) is 2.84. The van der Waals surface area contributed by atoms with E-state index >= 15 is 0 Å². The third-order valence-corrected chi connectivity index (χ3v) is 4.52. The molecule has 1 saturated heterocycles. The number of hydrogen-bond donors (Lipinski definition) is 2. The average Bonchev–Trinajstić information content (AvgIpc) is 2.61. The maximum atomic E-state index is 12.1. The summed E-state index contributed by atoms with van der Waals surface area (Å²) in [6, 6.07) is 3.52. The molecule has 124 valence electrons. The van der Waals surface area contributed by atoms with Crippen LogP contribution in [0.4, 0.5) is 5.82 Å². The van der Waals surface area contributed by atoms with Gasteiger partial charge in [-0.05, 0) is 37.4 Å². The fraction of sp³-hybridized carbons (Fsp3) is 0.500. The zero-order chi connectivity index (χ0) is 16.4. The first kappa shape index (κ1) is 15.6. The number of H-pyrrole nitrogens is 1. The average molecular weight is 318 g/mol. The normalized spacial score (nSPS) is 15.9. The van der Waals surface area contributed by atoms with Crippen molar-refractivity contribution in [3.63, 3.8) is 0 Å². The van der Waals surface area contributed by atoms with E-state index in [0.29, 0.717) is 22.8 Å². The number of aromatic amines is 1. The molecule has 1 aliphatic rings. The van der Waals surface area contributed by atoms with Gasteiger partial charge in [-0.3, -0.25) is 4.79 Å². The van der Waals surface area contributed by atoms with Gasteiger partial charge in [0.05, 0.1) is 19.6 Å². The monoisotopic (exact) mass is 318 g/mol. The maximum absolute atomic E-state index is 12.1. The first-order valence-corrected chi connectivity index (χ1v) is 7.77. The Morgan fingerprint density at radius 1 is 1.22 bits per heavy atom. The van der Waals surface area contributed by atoms with E-state index in [0.717, 1.165) is 43.7 Å². The Morgan fingerprint density at radius 3 is 2.39 bits per heavy atom. The summed E-state index contributed by atoms with van der Waals surface area (Å²) in [5.41, 5.74) is 5.52. The largest absolute Gasteiger partial charge is 0.493 e. The van der Waals surface area contributed by atoms with Crippen LogP contribution in [-0.4, -0.2) is 44.1 Å². The molecule has 0 aliphatic carbocycles. The van der Waals surface area contributed by atoms with Crippen LogP contribution < -0.4 is 25.7 Å². The van der Waals surface area contributed by atoms with Crippen molar-refractivity contribution in [3.05, 3.63) is 22.5 Å². The molecular formula is C16H22N4O3. The number of ether oxygens (including phenoxy) is 2. The van der Waals surface area contributed by atoms with Crippen LogP contribution in [0.3, 0.4) is 0 Å². The van der Waals surface area contributed by atoms with Gasteiger partial charge in [-0.1, -0.05) is 0 Å². The predicted molar refractivity (Wildman–Crippen MR) is 89.5 cm³/mol. The highest BCUT2D eigenvalue weighted by Gasteiger charge is 2.22. The van der Waals surface area contributed by atoms with Crippen molar-refractivity contribution in [2.24, 2.45) is 11.7 Å². The number of methoxy groups -OCH3 is 2. The van der Waals surface area contributed by atoms with E-state index in [1.54, 1.807) is 20.3 Å². The summed E-state index contributed by atoms with van der Waals surface area (Å²) in [4.78, 5) is 14.3. The molecule has 0 unspecified atom stereocenters. The van der Waals surface area contributed by atoms with Gasteiger partial charge in [-0.25, -0.2) is 5.10 Å². The second kappa shape index (κ2) is 6.45. The van der Waals surface area contributed by atoms with Crippen LogP contribution in [-0.2, 0) is 0 Å². The molecule has 7 heteroatoms. The van der Waals surface area contributed by atoms with Gasteiger partial charge in [-0.2, -0.15) is 5.10 Å². The highest BCUT2D eigenvalue weighted by atomic mass is 16.5. The van der Waals surface area contributed by atoms with Gasteiger partial charge in [0, 0.05) is 18.5 Å². The van der Waals surface area contributed by atoms with E-state index in [4.69, 9.17) is 15.2 Å². The van der Waals surface area contributed by atoms with Gasteiger partial charge in [0.2, 0.25) is 0 Å². The molecule has 0 amide bonds. The molecule has 0 saturated carbocycles. The van der Waals surface area contributed by atoms with Gasteiger partial charge >= 0.3 is 0 Å². The van der Waals surface area contributed by atoms with Crippen molar-refractivity contribution in [1.82, 2.24) is 10.2 Å². The summed E-state index contributed by atoms with van der Waals surface area (Å²) in [5, 5.41) is 8.18. The molecular weight excluding hydrogens is 296 g/mol. The molecule has 0 spiro atoms. The Hall–Kier alpha value is -2.28. The minimum absolute atomic E-state index is 0.235. The summed E-state index contributed by atoms with van der Waals surface area (Å²) >= 11 is 0. The molecule has 1 aliphatic heterocycles. The minimum atomic E-state index is -0.235. The van der Waals surface area contributed by atoms with Crippen LogP contribution in [0, 0.1) is 5.92 Å². The second-order valence-electron chi connectivity index (χ2n) is 5.80. The van der Waals surface area contributed by atoms with E-state index < -0.39 is 0 Å². The lowest BCUT2D eigenvalue weighted by Crippen LogP contribution is -2.37. The number of piperidine rings is 1. The number of rotatable bonds is 4. The summed E-state index contributed by atoms with van der Waals surface area (Å²) in [7, 11) is 3.13. The molecule has 1 aromatic heterocycles. The third-order valence-electron chi connectivity index (χ3n) is 4.52. The van der Waals surface area contributed by atoms with Crippen LogP contribution in [0.5, 0.6) is 11.5 Å². The quantitative estimate of drug-likeness (QED) is 0.877. The van der Waals surface area contributed by atoms with Crippen molar-refractivity contribution in [2.75, 3.05) is 38.8 Å². The van der Waals surface area contributed by atoms with E-state index in [2.05, 4.69) is 15.1 Å². The van der Waals surface area contributed by atoms with Gasteiger partial charge in [0.25, 0.3) is 5.56 Å².